The number of thiazole rings is 1. The van der Waals surface area contributed by atoms with Crippen molar-refractivity contribution in [1.29, 1.82) is 0 Å². The van der Waals surface area contributed by atoms with Gasteiger partial charge in [0.2, 0.25) is 11.8 Å². The number of rotatable bonds is 3. The molecule has 2 heterocycles. The molecule has 2 amide bonds. The fraction of sp³-hybridized carbons (Fsp3) is 0.615. The average Bonchev–Trinajstić information content (AvgIpc) is 2.70. The van der Waals surface area contributed by atoms with Crippen LogP contribution in [0.25, 0.3) is 0 Å². The Morgan fingerprint density at radius 1 is 1.53 bits per heavy atom. The maximum Gasteiger partial charge on any atom is 0.248 e. The number of anilines is 1. The predicted molar refractivity (Wildman–Crippen MR) is 75.2 cm³/mol. The van der Waals surface area contributed by atoms with Gasteiger partial charge in [-0.1, -0.05) is 20.3 Å². The predicted octanol–water partition coefficient (Wildman–Crippen LogP) is 2.26. The highest BCUT2D eigenvalue weighted by Crippen LogP contribution is 2.27. The van der Waals surface area contributed by atoms with Gasteiger partial charge in [-0.2, -0.15) is 0 Å². The van der Waals surface area contributed by atoms with Crippen molar-refractivity contribution in [2.75, 3.05) is 5.32 Å². The molecule has 1 aromatic heterocycles. The van der Waals surface area contributed by atoms with Crippen LogP contribution in [0.4, 0.5) is 5.82 Å². The maximum absolute atomic E-state index is 12.2. The van der Waals surface area contributed by atoms with E-state index in [2.05, 4.69) is 29.5 Å². The SMILES string of the molecule is CC(C)c1scnc1NC(=O)C1CCCCC(=O)N1. The highest BCUT2D eigenvalue weighted by atomic mass is 32.1. The van der Waals surface area contributed by atoms with Crippen LogP contribution in [0, 0.1) is 0 Å². The lowest BCUT2D eigenvalue weighted by Crippen LogP contribution is -2.42. The molecule has 0 radical (unpaired) electrons. The highest BCUT2D eigenvalue weighted by molar-refractivity contribution is 7.10. The molecule has 0 aliphatic carbocycles. The van der Waals surface area contributed by atoms with E-state index in [1.165, 1.54) is 11.3 Å². The summed E-state index contributed by atoms with van der Waals surface area (Å²) in [6, 6.07) is -0.434. The molecule has 1 atom stereocenters. The quantitative estimate of drug-likeness (QED) is 0.892. The van der Waals surface area contributed by atoms with Crippen LogP contribution in [0.1, 0.15) is 50.3 Å². The number of carbonyl (C=O) groups excluding carboxylic acids is 2. The summed E-state index contributed by atoms with van der Waals surface area (Å²) in [5, 5.41) is 5.60. The number of hydrogen-bond donors (Lipinski definition) is 2. The van der Waals surface area contributed by atoms with Gasteiger partial charge in [0.1, 0.15) is 11.9 Å². The largest absolute Gasteiger partial charge is 0.344 e. The number of aromatic nitrogens is 1. The van der Waals surface area contributed by atoms with Crippen molar-refractivity contribution in [3.63, 3.8) is 0 Å². The molecule has 1 fully saturated rings. The topological polar surface area (TPSA) is 71.1 Å². The van der Waals surface area contributed by atoms with Crippen LogP contribution in [0.15, 0.2) is 5.51 Å². The molecule has 1 aliphatic heterocycles. The third-order valence-electron chi connectivity index (χ3n) is 3.16. The number of nitrogens with one attached hydrogen (secondary N) is 2. The van der Waals surface area contributed by atoms with Crippen molar-refractivity contribution in [3.8, 4) is 0 Å². The molecule has 104 valence electrons. The first kappa shape index (κ1) is 14.0. The summed E-state index contributed by atoms with van der Waals surface area (Å²) in [5.41, 5.74) is 1.73. The molecule has 2 rings (SSSR count). The van der Waals surface area contributed by atoms with Crippen LogP contribution in [0.2, 0.25) is 0 Å². The average molecular weight is 281 g/mol. The third-order valence-corrected chi connectivity index (χ3v) is 4.29. The molecular formula is C13H19N3O2S. The Balaban J connectivity index is 2.03. The molecule has 1 aromatic rings. The minimum absolute atomic E-state index is 0.0417. The van der Waals surface area contributed by atoms with Gasteiger partial charge in [-0.05, 0) is 18.8 Å². The zero-order valence-corrected chi connectivity index (χ0v) is 12.0. The van der Waals surface area contributed by atoms with Crippen molar-refractivity contribution < 1.29 is 9.59 Å². The van der Waals surface area contributed by atoms with Crippen LogP contribution in [-0.4, -0.2) is 22.8 Å². The molecule has 0 aromatic carbocycles. The molecule has 0 spiro atoms. The van der Waals surface area contributed by atoms with Gasteiger partial charge in [-0.3, -0.25) is 9.59 Å². The van der Waals surface area contributed by atoms with Gasteiger partial charge in [0.15, 0.2) is 0 Å². The van der Waals surface area contributed by atoms with Crippen molar-refractivity contribution in [3.05, 3.63) is 10.4 Å². The van der Waals surface area contributed by atoms with Crippen molar-refractivity contribution >= 4 is 29.0 Å². The van der Waals surface area contributed by atoms with E-state index in [1.54, 1.807) is 5.51 Å². The molecule has 5 nitrogen and oxygen atoms in total. The lowest BCUT2D eigenvalue weighted by Gasteiger charge is -2.15. The van der Waals surface area contributed by atoms with Gasteiger partial charge in [0.05, 0.1) is 10.4 Å². The van der Waals surface area contributed by atoms with E-state index in [4.69, 9.17) is 0 Å². The Kier molecular flexibility index (Phi) is 4.52. The standard InChI is InChI=1S/C13H19N3O2S/c1-8(2)11-12(14-7-19-11)16-13(18)9-5-3-4-6-10(17)15-9/h7-9H,3-6H2,1-2H3,(H,15,17)(H,16,18). The van der Waals surface area contributed by atoms with Gasteiger partial charge in [0, 0.05) is 6.42 Å². The minimum atomic E-state index is -0.434. The fourth-order valence-electron chi connectivity index (χ4n) is 2.13. The smallest absolute Gasteiger partial charge is 0.248 e. The minimum Gasteiger partial charge on any atom is -0.344 e. The summed E-state index contributed by atoms with van der Waals surface area (Å²) in [7, 11) is 0. The summed E-state index contributed by atoms with van der Waals surface area (Å²) in [6.07, 6.45) is 2.95. The third kappa shape index (κ3) is 3.53. The van der Waals surface area contributed by atoms with Gasteiger partial charge in [-0.25, -0.2) is 4.98 Å². The second kappa shape index (κ2) is 6.14. The molecule has 2 N–H and O–H groups in total. The first-order chi connectivity index (χ1) is 9.08. The van der Waals surface area contributed by atoms with Crippen molar-refractivity contribution in [2.45, 2.75) is 51.5 Å². The number of amides is 2. The monoisotopic (exact) mass is 281 g/mol. The first-order valence-electron chi connectivity index (χ1n) is 6.61. The summed E-state index contributed by atoms with van der Waals surface area (Å²) < 4.78 is 0. The zero-order chi connectivity index (χ0) is 13.8. The number of hydrogen-bond acceptors (Lipinski definition) is 4. The van der Waals surface area contributed by atoms with E-state index in [0.29, 0.717) is 24.6 Å². The van der Waals surface area contributed by atoms with E-state index in [0.717, 1.165) is 17.7 Å². The van der Waals surface area contributed by atoms with Gasteiger partial charge < -0.3 is 10.6 Å². The molecule has 1 saturated heterocycles. The lowest BCUT2D eigenvalue weighted by molar-refractivity contribution is -0.126. The van der Waals surface area contributed by atoms with Crippen LogP contribution in [0.3, 0.4) is 0 Å². The van der Waals surface area contributed by atoms with Crippen LogP contribution in [-0.2, 0) is 9.59 Å². The summed E-state index contributed by atoms with van der Waals surface area (Å²) >= 11 is 1.54. The van der Waals surface area contributed by atoms with E-state index in [1.807, 2.05) is 0 Å². The summed E-state index contributed by atoms with van der Waals surface area (Å²) in [4.78, 5) is 28.9. The van der Waals surface area contributed by atoms with E-state index < -0.39 is 6.04 Å². The first-order valence-corrected chi connectivity index (χ1v) is 7.49. The maximum atomic E-state index is 12.2. The molecule has 1 unspecified atom stereocenters. The summed E-state index contributed by atoms with van der Waals surface area (Å²) in [5.74, 6) is 0.748. The Morgan fingerprint density at radius 3 is 3.05 bits per heavy atom. The Labute approximate surface area is 116 Å². The van der Waals surface area contributed by atoms with Crippen LogP contribution < -0.4 is 10.6 Å². The Morgan fingerprint density at radius 2 is 2.32 bits per heavy atom. The molecule has 0 saturated carbocycles. The number of nitrogens with zero attached hydrogens (tertiary/aromatic N) is 1. The van der Waals surface area contributed by atoms with Gasteiger partial charge in [0.25, 0.3) is 0 Å². The second-order valence-corrected chi connectivity index (χ2v) is 5.96. The molecule has 19 heavy (non-hydrogen) atoms. The van der Waals surface area contributed by atoms with E-state index >= 15 is 0 Å². The zero-order valence-electron chi connectivity index (χ0n) is 11.2. The highest BCUT2D eigenvalue weighted by Gasteiger charge is 2.24. The van der Waals surface area contributed by atoms with E-state index in [9.17, 15) is 9.59 Å². The van der Waals surface area contributed by atoms with Gasteiger partial charge >= 0.3 is 0 Å². The lowest BCUT2D eigenvalue weighted by atomic mass is 10.1. The normalized spacial score (nSPS) is 19.9. The van der Waals surface area contributed by atoms with Crippen molar-refractivity contribution in [2.24, 2.45) is 0 Å². The van der Waals surface area contributed by atoms with Crippen molar-refractivity contribution in [1.82, 2.24) is 10.3 Å². The molecular weight excluding hydrogens is 262 g/mol. The molecule has 6 heteroatoms. The van der Waals surface area contributed by atoms with Gasteiger partial charge in [-0.15, -0.1) is 11.3 Å². The second-order valence-electron chi connectivity index (χ2n) is 5.08. The summed E-state index contributed by atoms with van der Waals surface area (Å²) in [6.45, 7) is 4.13. The van der Waals surface area contributed by atoms with E-state index in [-0.39, 0.29) is 11.8 Å². The van der Waals surface area contributed by atoms with Crippen LogP contribution >= 0.6 is 11.3 Å². The number of carbonyl (C=O) groups is 2. The fourth-order valence-corrected chi connectivity index (χ4v) is 2.89. The Hall–Kier alpha value is -1.43. The molecule has 0 bridgehead atoms. The van der Waals surface area contributed by atoms with Crippen LogP contribution in [0.5, 0.6) is 0 Å². The Bertz CT molecular complexity index is 470. The molecule has 1 aliphatic rings.